The van der Waals surface area contributed by atoms with Crippen molar-refractivity contribution in [2.75, 3.05) is 7.11 Å². The molecule has 0 spiro atoms. The molecule has 6 nitrogen and oxygen atoms in total. The summed E-state index contributed by atoms with van der Waals surface area (Å²) >= 11 is 0. The van der Waals surface area contributed by atoms with Crippen LogP contribution in [0.4, 0.5) is 0 Å². The highest BCUT2D eigenvalue weighted by atomic mass is 16.5. The van der Waals surface area contributed by atoms with Gasteiger partial charge in [0.15, 0.2) is 0 Å². The van der Waals surface area contributed by atoms with Gasteiger partial charge in [-0.2, -0.15) is 5.10 Å². The molecule has 1 atom stereocenters. The number of rotatable bonds is 7. The van der Waals surface area contributed by atoms with E-state index in [1.165, 1.54) is 6.07 Å². The summed E-state index contributed by atoms with van der Waals surface area (Å²) in [6.07, 6.45) is 3.62. The summed E-state index contributed by atoms with van der Waals surface area (Å²) in [6, 6.07) is 19.0. The van der Waals surface area contributed by atoms with Crippen LogP contribution in [0.3, 0.4) is 0 Å². The standard InChI is InChI=1S/C23H23N3O3/c1-17(28-2)15-26-22-9-8-20(12-19(22)14-24-26)25-11-10-21(13-23(25)27)29-16-18-6-4-3-5-7-18/h3-14,17H,15-16H2,1-2H3. The first-order valence-electron chi connectivity index (χ1n) is 9.52. The Labute approximate surface area is 168 Å². The number of methoxy groups -OCH3 is 1. The van der Waals surface area contributed by atoms with Crippen LogP contribution >= 0.6 is 0 Å². The molecular weight excluding hydrogens is 366 g/mol. The largest absolute Gasteiger partial charge is 0.489 e. The predicted molar refractivity (Wildman–Crippen MR) is 113 cm³/mol. The van der Waals surface area contributed by atoms with Crippen molar-refractivity contribution in [3.63, 3.8) is 0 Å². The molecule has 148 valence electrons. The number of pyridine rings is 1. The Morgan fingerprint density at radius 3 is 2.66 bits per heavy atom. The first-order chi connectivity index (χ1) is 14.1. The van der Waals surface area contributed by atoms with Crippen LogP contribution in [-0.4, -0.2) is 27.6 Å². The van der Waals surface area contributed by atoms with E-state index < -0.39 is 0 Å². The van der Waals surface area contributed by atoms with Crippen LogP contribution in [0.2, 0.25) is 0 Å². The number of hydrogen-bond acceptors (Lipinski definition) is 4. The number of aromatic nitrogens is 3. The van der Waals surface area contributed by atoms with E-state index in [2.05, 4.69) is 5.10 Å². The van der Waals surface area contributed by atoms with Crippen LogP contribution in [0.1, 0.15) is 12.5 Å². The van der Waals surface area contributed by atoms with Gasteiger partial charge in [0.1, 0.15) is 12.4 Å². The number of benzene rings is 2. The Balaban J connectivity index is 1.55. The molecule has 0 N–H and O–H groups in total. The van der Waals surface area contributed by atoms with Gasteiger partial charge in [-0.3, -0.25) is 14.0 Å². The van der Waals surface area contributed by atoms with Crippen LogP contribution in [0, 0.1) is 0 Å². The van der Waals surface area contributed by atoms with E-state index in [0.29, 0.717) is 18.9 Å². The van der Waals surface area contributed by atoms with Crippen molar-refractivity contribution in [2.24, 2.45) is 0 Å². The van der Waals surface area contributed by atoms with Crippen LogP contribution in [-0.2, 0) is 17.9 Å². The van der Waals surface area contributed by atoms with Crippen molar-refractivity contribution < 1.29 is 9.47 Å². The molecule has 0 aliphatic rings. The lowest BCUT2D eigenvalue weighted by molar-refractivity contribution is 0.101. The molecule has 2 aromatic heterocycles. The summed E-state index contributed by atoms with van der Waals surface area (Å²) in [4.78, 5) is 12.6. The highest BCUT2D eigenvalue weighted by Crippen LogP contribution is 2.19. The molecule has 2 aromatic carbocycles. The zero-order valence-electron chi connectivity index (χ0n) is 16.5. The fourth-order valence-electron chi connectivity index (χ4n) is 3.19. The number of hydrogen-bond donors (Lipinski definition) is 0. The second kappa shape index (κ2) is 8.32. The molecule has 0 bridgehead atoms. The monoisotopic (exact) mass is 389 g/mol. The van der Waals surface area contributed by atoms with Crippen molar-refractivity contribution in [1.82, 2.24) is 14.3 Å². The van der Waals surface area contributed by atoms with Crippen LogP contribution in [0.15, 0.2) is 77.9 Å². The topological polar surface area (TPSA) is 58.3 Å². The Kier molecular flexibility index (Phi) is 5.44. The zero-order chi connectivity index (χ0) is 20.2. The number of nitrogens with zero attached hydrogens (tertiary/aromatic N) is 3. The summed E-state index contributed by atoms with van der Waals surface area (Å²) in [5.41, 5.74) is 2.71. The SMILES string of the molecule is COC(C)Cn1ncc2cc(-n3ccc(OCc4ccccc4)cc3=O)ccc21. The van der Waals surface area contributed by atoms with E-state index in [1.54, 1.807) is 23.9 Å². The maximum atomic E-state index is 12.6. The van der Waals surface area contributed by atoms with Gasteiger partial charge in [-0.15, -0.1) is 0 Å². The summed E-state index contributed by atoms with van der Waals surface area (Å²) in [5.74, 6) is 0.553. The van der Waals surface area contributed by atoms with Crippen LogP contribution in [0.5, 0.6) is 5.75 Å². The van der Waals surface area contributed by atoms with E-state index in [-0.39, 0.29) is 11.7 Å². The second-order valence-corrected chi connectivity index (χ2v) is 6.96. The molecule has 4 rings (SSSR count). The van der Waals surface area contributed by atoms with Crippen molar-refractivity contribution in [2.45, 2.75) is 26.2 Å². The van der Waals surface area contributed by atoms with Crippen molar-refractivity contribution >= 4 is 10.9 Å². The summed E-state index contributed by atoms with van der Waals surface area (Å²) < 4.78 is 14.6. The molecule has 0 radical (unpaired) electrons. The van der Waals surface area contributed by atoms with E-state index in [0.717, 1.165) is 22.2 Å². The zero-order valence-corrected chi connectivity index (χ0v) is 16.5. The van der Waals surface area contributed by atoms with E-state index in [1.807, 2.05) is 66.3 Å². The first kappa shape index (κ1) is 19.0. The molecule has 1 unspecified atom stereocenters. The van der Waals surface area contributed by atoms with Crippen molar-refractivity contribution in [3.8, 4) is 11.4 Å². The van der Waals surface area contributed by atoms with Gasteiger partial charge >= 0.3 is 0 Å². The van der Waals surface area contributed by atoms with Gasteiger partial charge in [0.2, 0.25) is 0 Å². The van der Waals surface area contributed by atoms with Gasteiger partial charge in [-0.25, -0.2) is 0 Å². The molecule has 0 saturated heterocycles. The highest BCUT2D eigenvalue weighted by Gasteiger charge is 2.09. The van der Waals surface area contributed by atoms with E-state index in [4.69, 9.17) is 9.47 Å². The van der Waals surface area contributed by atoms with Crippen LogP contribution in [0.25, 0.3) is 16.6 Å². The predicted octanol–water partition coefficient (Wildman–Crippen LogP) is 3.80. The molecule has 0 aliphatic heterocycles. The lowest BCUT2D eigenvalue weighted by Gasteiger charge is -2.11. The fourth-order valence-corrected chi connectivity index (χ4v) is 3.19. The van der Waals surface area contributed by atoms with Crippen molar-refractivity contribution in [1.29, 1.82) is 0 Å². The van der Waals surface area contributed by atoms with Gasteiger partial charge in [0, 0.05) is 30.4 Å². The Bertz CT molecular complexity index is 1160. The highest BCUT2D eigenvalue weighted by molar-refractivity contribution is 5.80. The Morgan fingerprint density at radius 2 is 1.90 bits per heavy atom. The van der Waals surface area contributed by atoms with Gasteiger partial charge in [0.05, 0.1) is 24.4 Å². The van der Waals surface area contributed by atoms with Crippen LogP contribution < -0.4 is 10.3 Å². The minimum Gasteiger partial charge on any atom is -0.489 e. The normalized spacial score (nSPS) is 12.2. The second-order valence-electron chi connectivity index (χ2n) is 6.96. The molecule has 0 aliphatic carbocycles. The summed E-state index contributed by atoms with van der Waals surface area (Å²) in [5, 5.41) is 5.41. The van der Waals surface area contributed by atoms with Gasteiger partial charge in [-0.05, 0) is 36.8 Å². The molecule has 0 saturated carbocycles. The average Bonchev–Trinajstić information content (AvgIpc) is 3.15. The van der Waals surface area contributed by atoms with E-state index >= 15 is 0 Å². The summed E-state index contributed by atoms with van der Waals surface area (Å²) in [6.45, 7) is 3.10. The lowest BCUT2D eigenvalue weighted by atomic mass is 10.2. The molecule has 29 heavy (non-hydrogen) atoms. The molecule has 0 amide bonds. The third-order valence-corrected chi connectivity index (χ3v) is 4.88. The Hall–Kier alpha value is -3.38. The van der Waals surface area contributed by atoms with Crippen molar-refractivity contribution in [3.05, 3.63) is 89.0 Å². The smallest absolute Gasteiger partial charge is 0.258 e. The minimum atomic E-state index is -0.143. The van der Waals surface area contributed by atoms with Gasteiger partial charge in [0.25, 0.3) is 5.56 Å². The number of fused-ring (bicyclic) bond motifs is 1. The lowest BCUT2D eigenvalue weighted by Crippen LogP contribution is -2.17. The molecular formula is C23H23N3O3. The quantitative estimate of drug-likeness (QED) is 0.482. The first-order valence-corrected chi connectivity index (χ1v) is 9.52. The maximum absolute atomic E-state index is 12.6. The number of ether oxygens (including phenoxy) is 2. The molecule has 2 heterocycles. The fraction of sp³-hybridized carbons (Fsp3) is 0.217. The van der Waals surface area contributed by atoms with Gasteiger partial charge < -0.3 is 9.47 Å². The molecule has 6 heteroatoms. The molecule has 0 fully saturated rings. The third-order valence-electron chi connectivity index (χ3n) is 4.88. The maximum Gasteiger partial charge on any atom is 0.258 e. The Morgan fingerprint density at radius 1 is 1.07 bits per heavy atom. The minimum absolute atomic E-state index is 0.0730. The summed E-state index contributed by atoms with van der Waals surface area (Å²) in [7, 11) is 1.69. The molecule has 4 aromatic rings. The van der Waals surface area contributed by atoms with Gasteiger partial charge in [-0.1, -0.05) is 30.3 Å². The van der Waals surface area contributed by atoms with E-state index in [9.17, 15) is 4.79 Å². The third kappa shape index (κ3) is 4.22. The average molecular weight is 389 g/mol.